The molecule has 1 unspecified atom stereocenters. The van der Waals surface area contributed by atoms with Gasteiger partial charge in [-0.25, -0.2) is 4.79 Å². The molecule has 1 atom stereocenters. The van der Waals surface area contributed by atoms with Gasteiger partial charge in [0, 0.05) is 0 Å². The van der Waals surface area contributed by atoms with E-state index in [0.29, 0.717) is 23.4 Å². The van der Waals surface area contributed by atoms with Crippen LogP contribution in [0.4, 0.5) is 0 Å². The van der Waals surface area contributed by atoms with E-state index in [4.69, 9.17) is 4.74 Å². The van der Waals surface area contributed by atoms with Crippen molar-refractivity contribution in [2.45, 2.75) is 45.6 Å². The Morgan fingerprint density at radius 1 is 1.42 bits per heavy atom. The number of aryl methyl sites for hydroxylation is 1. The molecule has 1 rings (SSSR count). The van der Waals surface area contributed by atoms with Crippen LogP contribution in [0.15, 0.2) is 0 Å². The summed E-state index contributed by atoms with van der Waals surface area (Å²) in [6, 6.07) is 0. The number of aromatic nitrogens is 2. The fourth-order valence-corrected chi connectivity index (χ4v) is 2.51. The normalized spacial score (nSPS) is 13.7. The lowest BCUT2D eigenvalue weighted by molar-refractivity contribution is -0.147. The molecule has 0 bridgehead atoms. The Bertz CT molecular complexity index is 461. The van der Waals surface area contributed by atoms with Gasteiger partial charge in [-0.1, -0.05) is 24.8 Å². The van der Waals surface area contributed by atoms with Crippen LogP contribution in [0.2, 0.25) is 0 Å². The molecule has 7 heteroatoms. The third-order valence-electron chi connectivity index (χ3n) is 2.87. The van der Waals surface area contributed by atoms with Gasteiger partial charge in [-0.05, 0) is 31.3 Å². The molecule has 19 heavy (non-hydrogen) atoms. The number of amides is 1. The minimum atomic E-state index is -1.02. The molecule has 0 saturated carbocycles. The van der Waals surface area contributed by atoms with Gasteiger partial charge in [0.2, 0.25) is 0 Å². The molecule has 1 aromatic rings. The summed E-state index contributed by atoms with van der Waals surface area (Å²) in [5.41, 5.74) is -0.374. The fourth-order valence-electron chi connectivity index (χ4n) is 1.86. The first-order chi connectivity index (χ1) is 8.98. The van der Waals surface area contributed by atoms with E-state index in [2.05, 4.69) is 14.9 Å². The Hall–Kier alpha value is -1.50. The van der Waals surface area contributed by atoms with E-state index in [1.54, 1.807) is 6.92 Å². The highest BCUT2D eigenvalue weighted by Crippen LogP contribution is 2.18. The van der Waals surface area contributed by atoms with Crippen LogP contribution < -0.4 is 5.32 Å². The predicted octanol–water partition coefficient (Wildman–Crippen LogP) is 1.56. The third kappa shape index (κ3) is 3.50. The van der Waals surface area contributed by atoms with Gasteiger partial charge >= 0.3 is 5.97 Å². The number of nitrogens with one attached hydrogen (secondary N) is 1. The molecule has 0 radical (unpaired) electrons. The first-order valence-electron chi connectivity index (χ1n) is 6.20. The minimum absolute atomic E-state index is 0.326. The van der Waals surface area contributed by atoms with E-state index in [9.17, 15) is 9.59 Å². The number of rotatable bonds is 6. The summed E-state index contributed by atoms with van der Waals surface area (Å²) < 4.78 is 8.53. The number of hydrogen-bond donors (Lipinski definition) is 1. The summed E-state index contributed by atoms with van der Waals surface area (Å²) in [6.07, 6.45) is 1.90. The number of nitrogens with zero attached hydrogens (tertiary/aromatic N) is 2. The molecule has 0 aliphatic carbocycles. The highest BCUT2D eigenvalue weighted by Gasteiger charge is 2.36. The quantitative estimate of drug-likeness (QED) is 0.802. The van der Waals surface area contributed by atoms with Crippen molar-refractivity contribution in [1.29, 1.82) is 0 Å². The summed E-state index contributed by atoms with van der Waals surface area (Å²) in [5.74, 6) is -0.772. The van der Waals surface area contributed by atoms with Crippen molar-refractivity contribution in [2.75, 3.05) is 7.11 Å². The molecule has 0 aromatic carbocycles. The van der Waals surface area contributed by atoms with E-state index in [1.165, 1.54) is 7.11 Å². The Kier molecular flexibility index (Phi) is 5.41. The van der Waals surface area contributed by atoms with E-state index in [0.717, 1.165) is 18.0 Å². The number of carbonyl (C=O) groups is 2. The van der Waals surface area contributed by atoms with Crippen LogP contribution in [0.3, 0.4) is 0 Å². The minimum Gasteiger partial charge on any atom is -0.467 e. The Morgan fingerprint density at radius 3 is 2.63 bits per heavy atom. The van der Waals surface area contributed by atoms with Gasteiger partial charge in [0.05, 0.1) is 12.8 Å². The largest absolute Gasteiger partial charge is 0.467 e. The molecule has 1 aromatic heterocycles. The Labute approximate surface area is 116 Å². The second-order valence-corrected chi connectivity index (χ2v) is 5.18. The lowest BCUT2D eigenvalue weighted by atomic mass is 9.96. The monoisotopic (exact) mass is 285 g/mol. The summed E-state index contributed by atoms with van der Waals surface area (Å²) in [7, 11) is 1.31. The number of ether oxygens (including phenoxy) is 1. The van der Waals surface area contributed by atoms with Crippen LogP contribution >= 0.6 is 11.5 Å². The highest BCUT2D eigenvalue weighted by molar-refractivity contribution is 7.08. The lowest BCUT2D eigenvalue weighted by Crippen LogP contribution is -2.52. The van der Waals surface area contributed by atoms with Gasteiger partial charge in [-0.2, -0.15) is 0 Å². The van der Waals surface area contributed by atoms with Gasteiger partial charge in [0.1, 0.15) is 10.4 Å². The molecule has 106 valence electrons. The molecular formula is C12H19N3O3S. The molecule has 0 spiro atoms. The van der Waals surface area contributed by atoms with E-state index in [-0.39, 0.29) is 5.91 Å². The molecule has 0 aliphatic rings. The van der Waals surface area contributed by atoms with Crippen molar-refractivity contribution in [3.63, 3.8) is 0 Å². The first-order valence-corrected chi connectivity index (χ1v) is 6.98. The van der Waals surface area contributed by atoms with Crippen molar-refractivity contribution in [3.8, 4) is 0 Å². The SMILES string of the molecule is CCCC(C)(NC(=O)c1snnc1CC)C(=O)OC. The van der Waals surface area contributed by atoms with E-state index in [1.807, 2.05) is 13.8 Å². The number of esters is 1. The van der Waals surface area contributed by atoms with Gasteiger partial charge in [-0.3, -0.25) is 4.79 Å². The van der Waals surface area contributed by atoms with Crippen molar-refractivity contribution in [2.24, 2.45) is 0 Å². The third-order valence-corrected chi connectivity index (χ3v) is 3.64. The first kappa shape index (κ1) is 15.6. The molecule has 1 amide bonds. The molecule has 1 N–H and O–H groups in total. The van der Waals surface area contributed by atoms with Gasteiger partial charge in [-0.15, -0.1) is 5.10 Å². The summed E-state index contributed by atoms with van der Waals surface area (Å²) in [6.45, 7) is 5.51. The molecule has 0 saturated heterocycles. The molecular weight excluding hydrogens is 266 g/mol. The maximum Gasteiger partial charge on any atom is 0.331 e. The zero-order valence-electron chi connectivity index (χ0n) is 11.6. The number of carbonyl (C=O) groups excluding carboxylic acids is 2. The second-order valence-electron chi connectivity index (χ2n) is 4.43. The molecule has 0 fully saturated rings. The summed E-state index contributed by atoms with van der Waals surface area (Å²) in [5, 5.41) is 6.63. The van der Waals surface area contributed by atoms with Crippen LogP contribution in [-0.2, 0) is 16.0 Å². The standard InChI is InChI=1S/C12H19N3O3S/c1-5-7-12(3,11(17)18-4)13-10(16)9-8(6-2)14-15-19-9/h5-7H2,1-4H3,(H,13,16). The molecule has 1 heterocycles. The van der Waals surface area contributed by atoms with Gasteiger partial charge in [0.25, 0.3) is 5.91 Å². The number of methoxy groups -OCH3 is 1. The number of hydrogen-bond acceptors (Lipinski definition) is 6. The zero-order valence-corrected chi connectivity index (χ0v) is 12.5. The average molecular weight is 285 g/mol. The van der Waals surface area contributed by atoms with Crippen molar-refractivity contribution < 1.29 is 14.3 Å². The lowest BCUT2D eigenvalue weighted by Gasteiger charge is -2.27. The molecule has 6 nitrogen and oxygen atoms in total. The van der Waals surface area contributed by atoms with Crippen molar-refractivity contribution >= 4 is 23.4 Å². The van der Waals surface area contributed by atoms with E-state index >= 15 is 0 Å². The Balaban J connectivity index is 2.91. The van der Waals surface area contributed by atoms with Crippen LogP contribution in [0.25, 0.3) is 0 Å². The van der Waals surface area contributed by atoms with Crippen LogP contribution in [0.1, 0.15) is 49.0 Å². The van der Waals surface area contributed by atoms with Crippen LogP contribution in [0.5, 0.6) is 0 Å². The predicted molar refractivity (Wildman–Crippen MR) is 72.1 cm³/mol. The van der Waals surface area contributed by atoms with Gasteiger partial charge < -0.3 is 10.1 Å². The maximum absolute atomic E-state index is 12.2. The summed E-state index contributed by atoms with van der Waals surface area (Å²) in [4.78, 5) is 24.5. The van der Waals surface area contributed by atoms with Crippen LogP contribution in [0, 0.1) is 0 Å². The summed E-state index contributed by atoms with van der Waals surface area (Å²) >= 11 is 1.04. The average Bonchev–Trinajstić information content (AvgIpc) is 2.86. The van der Waals surface area contributed by atoms with Crippen molar-refractivity contribution in [3.05, 3.63) is 10.6 Å². The second kappa shape index (κ2) is 6.60. The highest BCUT2D eigenvalue weighted by atomic mass is 32.1. The van der Waals surface area contributed by atoms with Crippen LogP contribution in [-0.4, -0.2) is 34.1 Å². The zero-order chi connectivity index (χ0) is 14.5. The van der Waals surface area contributed by atoms with Crippen molar-refractivity contribution in [1.82, 2.24) is 14.9 Å². The maximum atomic E-state index is 12.2. The fraction of sp³-hybridized carbons (Fsp3) is 0.667. The van der Waals surface area contributed by atoms with Gasteiger partial charge in [0.15, 0.2) is 0 Å². The Morgan fingerprint density at radius 2 is 2.11 bits per heavy atom. The topological polar surface area (TPSA) is 81.2 Å². The molecule has 0 aliphatic heterocycles. The smallest absolute Gasteiger partial charge is 0.331 e. The van der Waals surface area contributed by atoms with E-state index < -0.39 is 11.5 Å².